The Morgan fingerprint density at radius 2 is 2.00 bits per heavy atom. The lowest BCUT2D eigenvalue weighted by Gasteiger charge is -1.95. The Bertz CT molecular complexity index is 35.4. The van der Waals surface area contributed by atoms with Crippen LogP contribution < -0.4 is 11.3 Å². The van der Waals surface area contributed by atoms with Crippen molar-refractivity contribution < 1.29 is 0 Å². The highest BCUT2D eigenvalue weighted by molar-refractivity contribution is 7.80. The van der Waals surface area contributed by atoms with Gasteiger partial charge in [-0.05, 0) is 18.6 Å². The number of thiol groups is 1. The van der Waals surface area contributed by atoms with Crippen molar-refractivity contribution in [1.29, 1.82) is 0 Å². The number of hydrogen-bond donors (Lipinski definition) is 3. The van der Waals surface area contributed by atoms with E-state index in [1.54, 1.807) is 0 Å². The summed E-state index contributed by atoms with van der Waals surface area (Å²) in [6.45, 7) is 0.924. The number of rotatable bonds is 5. The highest BCUT2D eigenvalue weighted by Crippen LogP contribution is 1.93. The minimum atomic E-state index is 0.924. The Labute approximate surface area is 56.2 Å². The molecule has 0 aliphatic carbocycles. The van der Waals surface area contributed by atoms with Crippen molar-refractivity contribution in [1.82, 2.24) is 5.43 Å². The molecule has 2 nitrogen and oxygen atoms in total. The van der Waals surface area contributed by atoms with E-state index in [4.69, 9.17) is 5.84 Å². The summed E-state index contributed by atoms with van der Waals surface area (Å²) in [4.78, 5) is 0. The third-order valence-corrected chi connectivity index (χ3v) is 1.30. The Balaban J connectivity index is 2.53. The van der Waals surface area contributed by atoms with Crippen molar-refractivity contribution >= 4 is 12.6 Å². The fraction of sp³-hybridized carbons (Fsp3) is 1.00. The standard InChI is InChI=1S/C5H14N2S/c6-7-4-2-1-3-5-8/h7-8H,1-6H2. The van der Waals surface area contributed by atoms with Gasteiger partial charge in [0.05, 0.1) is 0 Å². The van der Waals surface area contributed by atoms with Crippen molar-refractivity contribution in [3.05, 3.63) is 0 Å². The smallest absolute Gasteiger partial charge is 0.00974 e. The van der Waals surface area contributed by atoms with Gasteiger partial charge in [0.25, 0.3) is 0 Å². The zero-order valence-electron chi connectivity index (χ0n) is 5.06. The summed E-state index contributed by atoms with van der Waals surface area (Å²) >= 11 is 4.07. The molecule has 8 heavy (non-hydrogen) atoms. The summed E-state index contributed by atoms with van der Waals surface area (Å²) in [5.74, 6) is 6.03. The fourth-order valence-corrected chi connectivity index (χ4v) is 0.739. The lowest BCUT2D eigenvalue weighted by molar-refractivity contribution is 0.640. The monoisotopic (exact) mass is 134 g/mol. The first-order valence-electron chi connectivity index (χ1n) is 2.96. The second kappa shape index (κ2) is 7.27. The van der Waals surface area contributed by atoms with E-state index in [2.05, 4.69) is 18.1 Å². The second-order valence-corrected chi connectivity index (χ2v) is 2.19. The van der Waals surface area contributed by atoms with Crippen molar-refractivity contribution in [2.75, 3.05) is 12.3 Å². The highest BCUT2D eigenvalue weighted by atomic mass is 32.1. The lowest BCUT2D eigenvalue weighted by Crippen LogP contribution is -2.22. The van der Waals surface area contributed by atoms with Crippen LogP contribution in [-0.2, 0) is 0 Å². The van der Waals surface area contributed by atoms with Gasteiger partial charge in [0.1, 0.15) is 0 Å². The van der Waals surface area contributed by atoms with Gasteiger partial charge in [-0.15, -0.1) is 0 Å². The van der Waals surface area contributed by atoms with Gasteiger partial charge in [-0.1, -0.05) is 6.42 Å². The zero-order valence-corrected chi connectivity index (χ0v) is 5.95. The zero-order chi connectivity index (χ0) is 6.24. The number of nitrogens with two attached hydrogens (primary N) is 1. The molecule has 0 saturated carbocycles. The van der Waals surface area contributed by atoms with Gasteiger partial charge in [0.2, 0.25) is 0 Å². The maximum Gasteiger partial charge on any atom is 0.00974 e. The molecule has 0 atom stereocenters. The van der Waals surface area contributed by atoms with Gasteiger partial charge in [0.15, 0.2) is 0 Å². The van der Waals surface area contributed by atoms with Gasteiger partial charge in [-0.2, -0.15) is 12.6 Å². The maximum atomic E-state index is 5.04. The summed E-state index contributed by atoms with van der Waals surface area (Å²) < 4.78 is 0. The van der Waals surface area contributed by atoms with E-state index in [1.165, 1.54) is 12.8 Å². The molecule has 0 aliphatic heterocycles. The van der Waals surface area contributed by atoms with Gasteiger partial charge in [-0.3, -0.25) is 11.3 Å². The summed E-state index contributed by atoms with van der Waals surface area (Å²) in [5, 5.41) is 0. The average molecular weight is 134 g/mol. The van der Waals surface area contributed by atoms with E-state index < -0.39 is 0 Å². The summed E-state index contributed by atoms with van der Waals surface area (Å²) in [7, 11) is 0. The summed E-state index contributed by atoms with van der Waals surface area (Å²) in [6.07, 6.45) is 3.59. The Kier molecular flexibility index (Phi) is 7.52. The van der Waals surface area contributed by atoms with Crippen LogP contribution >= 0.6 is 12.6 Å². The highest BCUT2D eigenvalue weighted by Gasteiger charge is 1.83. The molecule has 0 spiro atoms. The van der Waals surface area contributed by atoms with Crippen LogP contribution in [0.2, 0.25) is 0 Å². The van der Waals surface area contributed by atoms with Gasteiger partial charge >= 0.3 is 0 Å². The van der Waals surface area contributed by atoms with Crippen molar-refractivity contribution in [2.24, 2.45) is 5.84 Å². The van der Waals surface area contributed by atoms with Crippen molar-refractivity contribution in [3.63, 3.8) is 0 Å². The van der Waals surface area contributed by atoms with Crippen molar-refractivity contribution in [2.45, 2.75) is 19.3 Å². The molecule has 0 unspecified atom stereocenters. The lowest BCUT2D eigenvalue weighted by atomic mass is 10.2. The Hall–Kier alpha value is 0.270. The molecule has 0 aromatic rings. The first-order valence-corrected chi connectivity index (χ1v) is 3.59. The van der Waals surface area contributed by atoms with E-state index >= 15 is 0 Å². The van der Waals surface area contributed by atoms with Crippen LogP contribution in [0.15, 0.2) is 0 Å². The normalized spacial score (nSPS) is 9.75. The largest absolute Gasteiger partial charge is 0.271 e. The predicted octanol–water partition coefficient (Wildman–Crippen LogP) is 0.550. The minimum Gasteiger partial charge on any atom is -0.271 e. The molecule has 0 aliphatic rings. The molecule has 0 fully saturated rings. The minimum absolute atomic E-state index is 0.924. The molecule has 0 aromatic heterocycles. The van der Waals surface area contributed by atoms with Crippen LogP contribution in [0.3, 0.4) is 0 Å². The molecule has 0 amide bonds. The third kappa shape index (κ3) is 6.27. The predicted molar refractivity (Wildman–Crippen MR) is 39.9 cm³/mol. The fourth-order valence-electron chi connectivity index (χ4n) is 0.516. The van der Waals surface area contributed by atoms with Crippen LogP contribution in [-0.4, -0.2) is 12.3 Å². The molecule has 0 aromatic carbocycles. The van der Waals surface area contributed by atoms with E-state index in [1.807, 2.05) is 0 Å². The van der Waals surface area contributed by atoms with Gasteiger partial charge in [0, 0.05) is 6.54 Å². The van der Waals surface area contributed by atoms with Gasteiger partial charge < -0.3 is 0 Å². The van der Waals surface area contributed by atoms with E-state index in [-0.39, 0.29) is 0 Å². The topological polar surface area (TPSA) is 38.0 Å². The first-order chi connectivity index (χ1) is 3.91. The summed E-state index contributed by atoms with van der Waals surface area (Å²) in [6, 6.07) is 0. The number of unbranched alkanes of at least 4 members (excludes halogenated alkanes) is 2. The van der Waals surface area contributed by atoms with Crippen LogP contribution in [0.25, 0.3) is 0 Å². The van der Waals surface area contributed by atoms with E-state index in [0.29, 0.717) is 0 Å². The molecule has 0 saturated heterocycles. The SMILES string of the molecule is NNCCCCCS. The molecule has 0 radical (unpaired) electrons. The second-order valence-electron chi connectivity index (χ2n) is 1.74. The Morgan fingerprint density at radius 1 is 1.25 bits per heavy atom. The van der Waals surface area contributed by atoms with Gasteiger partial charge in [-0.25, -0.2) is 0 Å². The van der Waals surface area contributed by atoms with Crippen LogP contribution in [0.1, 0.15) is 19.3 Å². The molecule has 3 N–H and O–H groups in total. The third-order valence-electron chi connectivity index (χ3n) is 0.979. The van der Waals surface area contributed by atoms with E-state index in [0.717, 1.165) is 18.7 Å². The quantitative estimate of drug-likeness (QED) is 0.222. The van der Waals surface area contributed by atoms with Crippen molar-refractivity contribution in [3.8, 4) is 0 Å². The van der Waals surface area contributed by atoms with E-state index in [9.17, 15) is 0 Å². The number of hydrazine groups is 1. The molecule has 50 valence electrons. The molecule has 3 heteroatoms. The molecular weight excluding hydrogens is 120 g/mol. The van der Waals surface area contributed by atoms with Crippen LogP contribution in [0.5, 0.6) is 0 Å². The average Bonchev–Trinajstić information content (AvgIpc) is 1.81. The number of hydrogen-bond acceptors (Lipinski definition) is 3. The first kappa shape index (κ1) is 8.27. The molecule has 0 bridgehead atoms. The Morgan fingerprint density at radius 3 is 2.50 bits per heavy atom. The molecule has 0 heterocycles. The maximum absolute atomic E-state index is 5.04. The van der Waals surface area contributed by atoms with Crippen LogP contribution in [0.4, 0.5) is 0 Å². The number of nitrogens with one attached hydrogen (secondary N) is 1. The molecular formula is C5H14N2S. The van der Waals surface area contributed by atoms with Crippen LogP contribution in [0, 0.1) is 0 Å². The summed E-state index contributed by atoms with van der Waals surface area (Å²) in [5.41, 5.74) is 2.60. The molecule has 0 rings (SSSR count).